The van der Waals surface area contributed by atoms with E-state index in [4.69, 9.17) is 8.83 Å². The van der Waals surface area contributed by atoms with E-state index in [1.54, 1.807) is 0 Å². The summed E-state index contributed by atoms with van der Waals surface area (Å²) in [6.45, 7) is 13.5. The fourth-order valence-corrected chi connectivity index (χ4v) is 27.8. The van der Waals surface area contributed by atoms with Crippen molar-refractivity contribution in [1.29, 1.82) is 0 Å². The maximum atomic E-state index is 7.26. The molecule has 0 unspecified atom stereocenters. The molecule has 0 spiro atoms. The first-order valence-corrected chi connectivity index (χ1v) is 41.1. The van der Waals surface area contributed by atoms with Gasteiger partial charge in [-0.25, -0.2) is 0 Å². The molecule has 18 aromatic rings. The van der Waals surface area contributed by atoms with Crippen LogP contribution in [0.15, 0.2) is 361 Å². The number of nitrogens with zero attached hydrogens (tertiary/aromatic N) is 3. The summed E-state index contributed by atoms with van der Waals surface area (Å²) >= 11 is 0. The molecule has 2 aliphatic heterocycles. The number of anilines is 6. The van der Waals surface area contributed by atoms with Crippen LogP contribution in [0.25, 0.3) is 71.4 Å². The molecule has 106 heavy (non-hydrogen) atoms. The van der Waals surface area contributed by atoms with Gasteiger partial charge in [-0.15, -0.1) is 0 Å². The number of aromatic nitrogens is 1. The molecule has 15 aromatic carbocycles. The van der Waals surface area contributed by atoms with Gasteiger partial charge in [-0.05, 0) is 177 Å². The first kappa shape index (κ1) is 63.5. The van der Waals surface area contributed by atoms with Gasteiger partial charge in [0.2, 0.25) is 0 Å². The SMILES string of the molecule is CC(C)(C)c1ccc2oc3cc4c(cc3c2c1)N(c1cccc([Si](c2ccccc2)(c2ccccc2)c2ccccc2)c1)c1cc(-n2c3ccccc3c3ccccc32)cc2c1B4c1cc3oc4ccc(C(C)(C)C)cc4c3cc1N2c1cccc([Si](c2ccccc2)(c2ccccc2)c2ccccc2)c1. The monoisotopic (exact) mass is 1390 g/mol. The van der Waals surface area contributed by atoms with Crippen LogP contribution >= 0.6 is 0 Å². The number of fused-ring (bicyclic) bond motifs is 13. The largest absolute Gasteiger partial charge is 0.456 e. The van der Waals surface area contributed by atoms with Gasteiger partial charge >= 0.3 is 0 Å². The van der Waals surface area contributed by atoms with E-state index in [2.05, 4.69) is 408 Å². The molecule has 0 saturated heterocycles. The summed E-state index contributed by atoms with van der Waals surface area (Å²) in [4.78, 5) is 5.28. The quantitative estimate of drug-likeness (QED) is 0.0955. The lowest BCUT2D eigenvalue weighted by molar-refractivity contribution is 0.590. The molecule has 506 valence electrons. The highest BCUT2D eigenvalue weighted by molar-refractivity contribution is 7.20. The predicted octanol–water partition coefficient (Wildman–Crippen LogP) is 18.0. The van der Waals surface area contributed by atoms with Crippen molar-refractivity contribution in [2.75, 3.05) is 9.80 Å². The van der Waals surface area contributed by atoms with Gasteiger partial charge in [0.1, 0.15) is 22.3 Å². The summed E-state index contributed by atoms with van der Waals surface area (Å²) in [5.41, 5.74) is 19.0. The van der Waals surface area contributed by atoms with Crippen molar-refractivity contribution in [2.45, 2.75) is 52.4 Å². The molecule has 2 aliphatic rings. The number of furan rings is 2. The van der Waals surface area contributed by atoms with Crippen molar-refractivity contribution in [3.05, 3.63) is 363 Å². The summed E-state index contributed by atoms with van der Waals surface area (Å²) in [5.74, 6) is 0. The Labute approximate surface area is 620 Å². The van der Waals surface area contributed by atoms with Crippen LogP contribution < -0.4 is 67.7 Å². The molecule has 3 aromatic heterocycles. The summed E-state index contributed by atoms with van der Waals surface area (Å²) in [6, 6.07) is 134. The second-order valence-electron chi connectivity index (χ2n) is 31.1. The number of para-hydroxylation sites is 2. The first-order valence-electron chi connectivity index (χ1n) is 37.1. The van der Waals surface area contributed by atoms with Crippen molar-refractivity contribution in [3.63, 3.8) is 0 Å². The van der Waals surface area contributed by atoms with Crippen molar-refractivity contribution in [1.82, 2.24) is 4.57 Å². The fourth-order valence-electron chi connectivity index (χ4n) is 18.2. The smallest absolute Gasteiger partial charge is 0.252 e. The Morgan fingerprint density at radius 3 is 0.925 bits per heavy atom. The molecule has 0 N–H and O–H groups in total. The zero-order valence-electron chi connectivity index (χ0n) is 60.2. The third kappa shape index (κ3) is 9.67. The van der Waals surface area contributed by atoms with Crippen molar-refractivity contribution in [3.8, 4) is 5.69 Å². The van der Waals surface area contributed by atoms with Crippen LogP contribution in [0, 0.1) is 0 Å². The standard InChI is InChI=1S/C98H76BN3O2Si2/c1-97(2,3)65-51-53-92-80(55-65)82-61-88-84(63-94(82)103-92)99-85-64-95-83(81-56-66(98(4,5)6)52-54-93(81)104-95)62-89(85)101(68-32-30-46-77(58-68)106(73-39-19-10-20-40-73,74-41-21-11-22-42-74)75-43-23-12-24-44-75)91-60-69(102-86-49-27-25-47-78(86)79-48-26-28-50-87(79)102)59-90(96(91)99)100(88)67-31-29-45-76(57-67)105(70-33-13-7-14-34-70,71-35-15-8-16-36-71)72-37-17-9-18-38-72/h7-64H,1-6H3. The number of hydrogen-bond donors (Lipinski definition) is 0. The van der Waals surface area contributed by atoms with Gasteiger partial charge in [-0.1, -0.05) is 296 Å². The van der Waals surface area contributed by atoms with Crippen molar-refractivity contribution in [2.24, 2.45) is 0 Å². The lowest BCUT2D eigenvalue weighted by atomic mass is 9.33. The highest BCUT2D eigenvalue weighted by Crippen LogP contribution is 2.49. The van der Waals surface area contributed by atoms with Crippen LogP contribution in [0.3, 0.4) is 0 Å². The lowest BCUT2D eigenvalue weighted by Gasteiger charge is -2.45. The molecule has 0 radical (unpaired) electrons. The zero-order chi connectivity index (χ0) is 71.2. The van der Waals surface area contributed by atoms with E-state index in [1.807, 2.05) is 0 Å². The Morgan fingerprint density at radius 2 is 0.575 bits per heavy atom. The second kappa shape index (κ2) is 24.2. The Hall–Kier alpha value is -12.2. The van der Waals surface area contributed by atoms with Gasteiger partial charge in [0.15, 0.2) is 16.1 Å². The molecule has 0 amide bonds. The lowest BCUT2D eigenvalue weighted by Crippen LogP contribution is -2.74. The molecule has 0 bridgehead atoms. The summed E-state index contributed by atoms with van der Waals surface area (Å²) in [5, 5.41) is 17.2. The van der Waals surface area contributed by atoms with E-state index in [-0.39, 0.29) is 17.5 Å². The Balaban J connectivity index is 0.952. The van der Waals surface area contributed by atoms with Crippen LogP contribution in [0.4, 0.5) is 34.1 Å². The van der Waals surface area contributed by atoms with Gasteiger partial charge in [-0.3, -0.25) is 0 Å². The van der Waals surface area contributed by atoms with Gasteiger partial charge in [-0.2, -0.15) is 0 Å². The summed E-state index contributed by atoms with van der Waals surface area (Å²) in [6.07, 6.45) is 0. The Bertz CT molecular complexity index is 5920. The first-order chi connectivity index (χ1) is 51.8. The Kier molecular flexibility index (Phi) is 14.5. The number of rotatable bonds is 11. The van der Waals surface area contributed by atoms with Gasteiger partial charge in [0.25, 0.3) is 6.71 Å². The third-order valence-electron chi connectivity index (χ3n) is 23.1. The average molecular weight is 1390 g/mol. The molecular weight excluding hydrogens is 1320 g/mol. The van der Waals surface area contributed by atoms with E-state index in [1.165, 1.54) is 68.9 Å². The molecule has 8 heteroatoms. The van der Waals surface area contributed by atoms with E-state index in [9.17, 15) is 0 Å². The van der Waals surface area contributed by atoms with Crippen LogP contribution in [0.2, 0.25) is 0 Å². The number of hydrogen-bond acceptors (Lipinski definition) is 4. The van der Waals surface area contributed by atoms with Crippen molar-refractivity contribution >= 4 is 181 Å². The summed E-state index contributed by atoms with van der Waals surface area (Å²) < 4.78 is 17.0. The second-order valence-corrected chi connectivity index (χ2v) is 38.7. The highest BCUT2D eigenvalue weighted by Gasteiger charge is 2.48. The van der Waals surface area contributed by atoms with Crippen LogP contribution in [0.5, 0.6) is 0 Å². The van der Waals surface area contributed by atoms with E-state index in [0.717, 1.165) is 106 Å². The minimum Gasteiger partial charge on any atom is -0.456 e. The molecule has 0 fully saturated rings. The molecule has 0 atom stereocenters. The van der Waals surface area contributed by atoms with Gasteiger partial charge in [0, 0.05) is 66.4 Å². The maximum absolute atomic E-state index is 7.26. The highest BCUT2D eigenvalue weighted by atomic mass is 28.3. The molecule has 0 saturated carbocycles. The minimum absolute atomic E-state index is 0.106. The normalized spacial score (nSPS) is 13.1. The van der Waals surface area contributed by atoms with Gasteiger partial charge in [0.05, 0.1) is 16.7 Å². The topological polar surface area (TPSA) is 37.7 Å². The number of benzene rings is 15. The van der Waals surface area contributed by atoms with Crippen LogP contribution in [0.1, 0.15) is 52.7 Å². The van der Waals surface area contributed by atoms with E-state index < -0.39 is 16.1 Å². The molecular formula is C98H76BN3O2Si2. The predicted molar refractivity (Wildman–Crippen MR) is 454 cm³/mol. The van der Waals surface area contributed by atoms with Crippen molar-refractivity contribution < 1.29 is 8.83 Å². The molecule has 0 aliphatic carbocycles. The maximum Gasteiger partial charge on any atom is 0.252 e. The fraction of sp³-hybridized carbons (Fsp3) is 0.0816. The van der Waals surface area contributed by atoms with E-state index >= 15 is 0 Å². The average Bonchev–Trinajstić information content (AvgIpc) is 1.16. The molecule has 20 rings (SSSR count). The summed E-state index contributed by atoms with van der Waals surface area (Å²) in [7, 11) is -6.24. The van der Waals surface area contributed by atoms with Gasteiger partial charge < -0.3 is 23.2 Å². The minimum atomic E-state index is -3.12. The molecule has 5 heterocycles. The van der Waals surface area contributed by atoms with E-state index in [0.29, 0.717) is 0 Å². The van der Waals surface area contributed by atoms with Crippen LogP contribution in [-0.2, 0) is 10.8 Å². The third-order valence-corrected chi connectivity index (χ3v) is 32.7. The molecule has 5 nitrogen and oxygen atoms in total. The van der Waals surface area contributed by atoms with Crippen LogP contribution in [-0.4, -0.2) is 27.4 Å². The zero-order valence-corrected chi connectivity index (χ0v) is 62.2. The Morgan fingerprint density at radius 1 is 0.255 bits per heavy atom.